The Morgan fingerprint density at radius 1 is 0.926 bits per heavy atom. The van der Waals surface area contributed by atoms with Gasteiger partial charge in [0.25, 0.3) is 0 Å². The first-order valence-electron chi connectivity index (χ1n) is 10.6. The molecule has 0 saturated heterocycles. The molecule has 2 aromatic rings. The molecule has 0 bridgehead atoms. The standard InChI is InChI=1S/C25H32O2/c1-3-5-6-20-7-11-21(12-8-20)22-13-15-23(16-14-22)25(26)27-24-17-9-19(4-2)10-18-24/h9-10,13-18,20-21H,3-8,11-12H2,1-2H3. The molecule has 0 unspecified atom stereocenters. The van der Waals surface area contributed by atoms with Crippen LogP contribution in [0.1, 0.15) is 86.2 Å². The first kappa shape index (κ1) is 19.7. The van der Waals surface area contributed by atoms with E-state index in [0.29, 0.717) is 17.2 Å². The largest absolute Gasteiger partial charge is 0.423 e. The minimum absolute atomic E-state index is 0.283. The van der Waals surface area contributed by atoms with Gasteiger partial charge in [-0.25, -0.2) is 4.79 Å². The van der Waals surface area contributed by atoms with E-state index in [4.69, 9.17) is 4.74 Å². The first-order valence-corrected chi connectivity index (χ1v) is 10.6. The maximum Gasteiger partial charge on any atom is 0.343 e. The molecule has 0 radical (unpaired) electrons. The van der Waals surface area contributed by atoms with Crippen molar-refractivity contribution >= 4 is 5.97 Å². The van der Waals surface area contributed by atoms with Crippen LogP contribution in [0.2, 0.25) is 0 Å². The highest BCUT2D eigenvalue weighted by molar-refractivity contribution is 5.91. The smallest absolute Gasteiger partial charge is 0.343 e. The Morgan fingerprint density at radius 3 is 2.19 bits per heavy atom. The predicted octanol–water partition coefficient (Wildman–Crippen LogP) is 6.93. The SMILES string of the molecule is CCCCC1CCC(c2ccc(C(=O)Oc3ccc(CC)cc3)cc2)CC1. The van der Waals surface area contributed by atoms with Crippen molar-refractivity contribution in [2.45, 2.75) is 71.1 Å². The maximum atomic E-state index is 12.4. The van der Waals surface area contributed by atoms with E-state index in [0.717, 1.165) is 12.3 Å². The first-order chi connectivity index (χ1) is 13.2. The summed E-state index contributed by atoms with van der Waals surface area (Å²) >= 11 is 0. The summed E-state index contributed by atoms with van der Waals surface area (Å²) in [5.41, 5.74) is 3.23. The number of rotatable bonds is 7. The van der Waals surface area contributed by atoms with Crippen LogP contribution in [0.3, 0.4) is 0 Å². The lowest BCUT2D eigenvalue weighted by Crippen LogP contribution is -2.14. The van der Waals surface area contributed by atoms with E-state index in [1.54, 1.807) is 0 Å². The highest BCUT2D eigenvalue weighted by Crippen LogP contribution is 2.37. The van der Waals surface area contributed by atoms with E-state index in [9.17, 15) is 4.79 Å². The van der Waals surface area contributed by atoms with Crippen molar-refractivity contribution in [2.75, 3.05) is 0 Å². The summed E-state index contributed by atoms with van der Waals surface area (Å²) in [6, 6.07) is 15.8. The predicted molar refractivity (Wildman–Crippen MR) is 111 cm³/mol. The third kappa shape index (κ3) is 5.45. The van der Waals surface area contributed by atoms with Crippen LogP contribution in [0.4, 0.5) is 0 Å². The van der Waals surface area contributed by atoms with E-state index in [2.05, 4.69) is 26.0 Å². The fourth-order valence-electron chi connectivity index (χ4n) is 4.13. The van der Waals surface area contributed by atoms with E-state index in [1.807, 2.05) is 36.4 Å². The zero-order valence-electron chi connectivity index (χ0n) is 16.7. The second-order valence-corrected chi connectivity index (χ2v) is 7.87. The second-order valence-electron chi connectivity index (χ2n) is 7.87. The number of esters is 1. The molecule has 0 heterocycles. The van der Waals surface area contributed by atoms with Gasteiger partial charge in [-0.05, 0) is 79.3 Å². The van der Waals surface area contributed by atoms with Crippen LogP contribution in [0.15, 0.2) is 48.5 Å². The summed E-state index contributed by atoms with van der Waals surface area (Å²) in [7, 11) is 0. The minimum atomic E-state index is -0.283. The normalized spacial score (nSPS) is 19.6. The number of benzene rings is 2. The molecule has 144 valence electrons. The van der Waals surface area contributed by atoms with Crippen LogP contribution in [0.5, 0.6) is 5.75 Å². The van der Waals surface area contributed by atoms with Crippen LogP contribution in [0, 0.1) is 5.92 Å². The van der Waals surface area contributed by atoms with Gasteiger partial charge in [0.1, 0.15) is 5.75 Å². The van der Waals surface area contributed by atoms with E-state index in [-0.39, 0.29) is 5.97 Å². The molecule has 0 spiro atoms. The van der Waals surface area contributed by atoms with Crippen molar-refractivity contribution < 1.29 is 9.53 Å². The number of carbonyl (C=O) groups excluding carboxylic acids is 1. The Kier molecular flexibility index (Phi) is 7.09. The van der Waals surface area contributed by atoms with E-state index in [1.165, 1.54) is 56.1 Å². The highest BCUT2D eigenvalue weighted by atomic mass is 16.5. The third-order valence-corrected chi connectivity index (χ3v) is 5.97. The Morgan fingerprint density at radius 2 is 1.59 bits per heavy atom. The van der Waals surface area contributed by atoms with E-state index >= 15 is 0 Å². The quantitative estimate of drug-likeness (QED) is 0.393. The Bertz CT molecular complexity index is 707. The summed E-state index contributed by atoms with van der Waals surface area (Å²) in [6.45, 7) is 4.39. The average molecular weight is 365 g/mol. The molecule has 0 atom stereocenters. The van der Waals surface area contributed by atoms with Gasteiger partial charge >= 0.3 is 5.97 Å². The van der Waals surface area contributed by atoms with Crippen LogP contribution >= 0.6 is 0 Å². The fraction of sp³-hybridized carbons (Fsp3) is 0.480. The highest BCUT2D eigenvalue weighted by Gasteiger charge is 2.22. The zero-order valence-corrected chi connectivity index (χ0v) is 16.7. The van der Waals surface area contributed by atoms with Crippen LogP contribution in [-0.4, -0.2) is 5.97 Å². The van der Waals surface area contributed by atoms with Gasteiger partial charge < -0.3 is 4.74 Å². The molecule has 2 heteroatoms. The second kappa shape index (κ2) is 9.73. The molecular formula is C25H32O2. The molecule has 0 amide bonds. The fourth-order valence-corrected chi connectivity index (χ4v) is 4.13. The maximum absolute atomic E-state index is 12.4. The molecule has 1 fully saturated rings. The molecule has 0 N–H and O–H groups in total. The van der Waals surface area contributed by atoms with Crippen molar-refractivity contribution in [3.8, 4) is 5.75 Å². The molecular weight excluding hydrogens is 332 g/mol. The molecule has 0 aromatic heterocycles. The number of aryl methyl sites for hydroxylation is 1. The minimum Gasteiger partial charge on any atom is -0.423 e. The Labute approximate surface area is 164 Å². The molecule has 27 heavy (non-hydrogen) atoms. The van der Waals surface area contributed by atoms with Crippen LogP contribution < -0.4 is 4.74 Å². The van der Waals surface area contributed by atoms with Gasteiger partial charge in [0.05, 0.1) is 5.56 Å². The van der Waals surface area contributed by atoms with Gasteiger partial charge in [-0.2, -0.15) is 0 Å². The summed E-state index contributed by atoms with van der Waals surface area (Å²) < 4.78 is 5.50. The molecule has 2 nitrogen and oxygen atoms in total. The summed E-state index contributed by atoms with van der Waals surface area (Å²) in [6.07, 6.45) is 10.3. The topological polar surface area (TPSA) is 26.3 Å². The average Bonchev–Trinajstić information content (AvgIpc) is 2.73. The van der Waals surface area contributed by atoms with Crippen molar-refractivity contribution in [3.05, 3.63) is 65.2 Å². The van der Waals surface area contributed by atoms with Crippen LogP contribution in [-0.2, 0) is 6.42 Å². The summed E-state index contributed by atoms with van der Waals surface area (Å²) in [4.78, 5) is 12.4. The molecule has 1 aliphatic carbocycles. The monoisotopic (exact) mass is 364 g/mol. The summed E-state index contributed by atoms with van der Waals surface area (Å²) in [5, 5.41) is 0. The number of ether oxygens (including phenoxy) is 1. The molecule has 3 rings (SSSR count). The van der Waals surface area contributed by atoms with Crippen LogP contribution in [0.25, 0.3) is 0 Å². The molecule has 0 aliphatic heterocycles. The Hall–Kier alpha value is -2.09. The number of carbonyl (C=O) groups is 1. The van der Waals surface area contributed by atoms with Gasteiger partial charge in [-0.1, -0.05) is 57.4 Å². The van der Waals surface area contributed by atoms with Gasteiger partial charge in [0.15, 0.2) is 0 Å². The van der Waals surface area contributed by atoms with Gasteiger partial charge in [-0.3, -0.25) is 0 Å². The van der Waals surface area contributed by atoms with Crippen molar-refractivity contribution in [1.29, 1.82) is 0 Å². The number of hydrogen-bond donors (Lipinski definition) is 0. The molecule has 2 aromatic carbocycles. The van der Waals surface area contributed by atoms with E-state index < -0.39 is 0 Å². The van der Waals surface area contributed by atoms with Gasteiger partial charge in [0.2, 0.25) is 0 Å². The lowest BCUT2D eigenvalue weighted by atomic mass is 9.77. The Balaban J connectivity index is 1.54. The van der Waals surface area contributed by atoms with Crippen molar-refractivity contribution in [3.63, 3.8) is 0 Å². The number of hydrogen-bond acceptors (Lipinski definition) is 2. The lowest BCUT2D eigenvalue weighted by molar-refractivity contribution is 0.0734. The zero-order chi connectivity index (χ0) is 19.1. The van der Waals surface area contributed by atoms with Crippen molar-refractivity contribution in [2.24, 2.45) is 5.92 Å². The van der Waals surface area contributed by atoms with Gasteiger partial charge in [-0.15, -0.1) is 0 Å². The molecule has 1 aliphatic rings. The third-order valence-electron chi connectivity index (χ3n) is 5.97. The lowest BCUT2D eigenvalue weighted by Gasteiger charge is -2.28. The van der Waals surface area contributed by atoms with Gasteiger partial charge in [0, 0.05) is 0 Å². The summed E-state index contributed by atoms with van der Waals surface area (Å²) in [5.74, 6) is 1.89. The van der Waals surface area contributed by atoms with Crippen molar-refractivity contribution in [1.82, 2.24) is 0 Å². The number of unbranched alkanes of at least 4 members (excludes halogenated alkanes) is 1. The molecule has 1 saturated carbocycles.